The number of aromatic amines is 1. The van der Waals surface area contributed by atoms with Gasteiger partial charge in [0.05, 0.1) is 11.2 Å². The first kappa shape index (κ1) is 9.21. The molecular weight excluding hydrogens is 198 g/mol. The van der Waals surface area contributed by atoms with E-state index in [-0.39, 0.29) is 0 Å². The monoisotopic (exact) mass is 211 g/mol. The SMILES string of the molecule is Cc1nc(N)c(C)c2c1[nH]c1ccccc12. The number of nitrogens with two attached hydrogens (primary N) is 1. The van der Waals surface area contributed by atoms with Crippen LogP contribution < -0.4 is 5.73 Å². The number of hydrogen-bond donors (Lipinski definition) is 2. The van der Waals surface area contributed by atoms with Gasteiger partial charge >= 0.3 is 0 Å². The Bertz CT molecular complexity index is 695. The molecule has 0 fully saturated rings. The summed E-state index contributed by atoms with van der Waals surface area (Å²) in [6, 6.07) is 8.25. The summed E-state index contributed by atoms with van der Waals surface area (Å²) in [5, 5.41) is 2.41. The summed E-state index contributed by atoms with van der Waals surface area (Å²) in [6.07, 6.45) is 0. The van der Waals surface area contributed by atoms with Crippen LogP contribution in [0.2, 0.25) is 0 Å². The smallest absolute Gasteiger partial charge is 0.127 e. The van der Waals surface area contributed by atoms with Crippen LogP contribution in [0.25, 0.3) is 21.8 Å². The van der Waals surface area contributed by atoms with Gasteiger partial charge in [-0.15, -0.1) is 0 Å². The molecule has 0 saturated heterocycles. The molecule has 80 valence electrons. The molecule has 0 spiro atoms. The fraction of sp³-hybridized carbons (Fsp3) is 0.154. The molecule has 0 aliphatic rings. The quantitative estimate of drug-likeness (QED) is 0.600. The van der Waals surface area contributed by atoms with Gasteiger partial charge in [-0.1, -0.05) is 18.2 Å². The second kappa shape index (κ2) is 2.98. The minimum Gasteiger partial charge on any atom is -0.383 e. The first-order valence-electron chi connectivity index (χ1n) is 5.31. The van der Waals surface area contributed by atoms with E-state index in [1.54, 1.807) is 0 Å². The lowest BCUT2D eigenvalue weighted by Gasteiger charge is -2.03. The summed E-state index contributed by atoms with van der Waals surface area (Å²) >= 11 is 0. The largest absolute Gasteiger partial charge is 0.383 e. The molecule has 0 atom stereocenters. The lowest BCUT2D eigenvalue weighted by molar-refractivity contribution is 1.21. The zero-order chi connectivity index (χ0) is 11.3. The van der Waals surface area contributed by atoms with E-state index in [2.05, 4.69) is 22.1 Å². The molecule has 3 nitrogen and oxygen atoms in total. The summed E-state index contributed by atoms with van der Waals surface area (Å²) < 4.78 is 0. The summed E-state index contributed by atoms with van der Waals surface area (Å²) in [5.74, 6) is 0.620. The third-order valence-corrected chi connectivity index (χ3v) is 3.12. The van der Waals surface area contributed by atoms with E-state index in [1.807, 2.05) is 26.0 Å². The van der Waals surface area contributed by atoms with Crippen molar-refractivity contribution in [3.63, 3.8) is 0 Å². The highest BCUT2D eigenvalue weighted by Gasteiger charge is 2.11. The fourth-order valence-electron chi connectivity index (χ4n) is 2.25. The predicted octanol–water partition coefficient (Wildman–Crippen LogP) is 2.92. The number of nitrogens with one attached hydrogen (secondary N) is 1. The van der Waals surface area contributed by atoms with Crippen LogP contribution in [0, 0.1) is 13.8 Å². The minimum atomic E-state index is 0.620. The maximum atomic E-state index is 5.91. The van der Waals surface area contributed by atoms with Crippen LogP contribution >= 0.6 is 0 Å². The summed E-state index contributed by atoms with van der Waals surface area (Å²) in [4.78, 5) is 7.74. The highest BCUT2D eigenvalue weighted by Crippen LogP contribution is 2.31. The number of H-pyrrole nitrogens is 1. The molecule has 0 amide bonds. The van der Waals surface area contributed by atoms with Gasteiger partial charge in [-0.25, -0.2) is 4.98 Å². The van der Waals surface area contributed by atoms with Crippen molar-refractivity contribution < 1.29 is 0 Å². The molecule has 3 heteroatoms. The van der Waals surface area contributed by atoms with Gasteiger partial charge in [0.25, 0.3) is 0 Å². The van der Waals surface area contributed by atoms with E-state index in [1.165, 1.54) is 10.8 Å². The van der Waals surface area contributed by atoms with E-state index in [9.17, 15) is 0 Å². The number of hydrogen-bond acceptors (Lipinski definition) is 2. The molecule has 0 radical (unpaired) electrons. The molecule has 0 unspecified atom stereocenters. The van der Waals surface area contributed by atoms with E-state index in [4.69, 9.17) is 5.73 Å². The van der Waals surface area contributed by atoms with Gasteiger partial charge in [0.1, 0.15) is 5.82 Å². The molecule has 0 aliphatic heterocycles. The number of pyridine rings is 1. The molecule has 0 saturated carbocycles. The first-order valence-corrected chi connectivity index (χ1v) is 5.31. The second-order valence-electron chi connectivity index (χ2n) is 4.13. The van der Waals surface area contributed by atoms with Crippen LogP contribution in [0.1, 0.15) is 11.3 Å². The van der Waals surface area contributed by atoms with Crippen molar-refractivity contribution in [3.05, 3.63) is 35.5 Å². The fourth-order valence-corrected chi connectivity index (χ4v) is 2.25. The molecule has 0 aliphatic carbocycles. The second-order valence-corrected chi connectivity index (χ2v) is 4.13. The third kappa shape index (κ3) is 1.05. The van der Waals surface area contributed by atoms with Crippen molar-refractivity contribution in [1.29, 1.82) is 0 Å². The zero-order valence-corrected chi connectivity index (χ0v) is 9.33. The number of anilines is 1. The van der Waals surface area contributed by atoms with E-state index < -0.39 is 0 Å². The zero-order valence-electron chi connectivity index (χ0n) is 9.33. The number of aryl methyl sites for hydroxylation is 2. The molecule has 3 N–H and O–H groups in total. The van der Waals surface area contributed by atoms with Crippen LogP contribution in [-0.4, -0.2) is 9.97 Å². The Hall–Kier alpha value is -2.03. The molecule has 2 heterocycles. The number of fused-ring (bicyclic) bond motifs is 3. The van der Waals surface area contributed by atoms with Crippen molar-refractivity contribution in [2.75, 3.05) is 5.73 Å². The van der Waals surface area contributed by atoms with Crippen LogP contribution in [0.5, 0.6) is 0 Å². The molecular formula is C13H13N3. The summed E-state index contributed by atoms with van der Waals surface area (Å²) in [7, 11) is 0. The van der Waals surface area contributed by atoms with Crippen LogP contribution in [0.3, 0.4) is 0 Å². The van der Waals surface area contributed by atoms with Gasteiger partial charge in [0.2, 0.25) is 0 Å². The van der Waals surface area contributed by atoms with Gasteiger partial charge in [-0.2, -0.15) is 0 Å². The van der Waals surface area contributed by atoms with Crippen molar-refractivity contribution in [3.8, 4) is 0 Å². The Morgan fingerprint density at radius 3 is 2.75 bits per heavy atom. The lowest BCUT2D eigenvalue weighted by Crippen LogP contribution is -1.96. The van der Waals surface area contributed by atoms with Gasteiger partial charge in [-0.05, 0) is 19.9 Å². The van der Waals surface area contributed by atoms with Crippen molar-refractivity contribution in [1.82, 2.24) is 9.97 Å². The average Bonchev–Trinajstić information content (AvgIpc) is 2.66. The Labute approximate surface area is 93.3 Å². The summed E-state index contributed by atoms with van der Waals surface area (Å²) in [5.41, 5.74) is 10.1. The van der Waals surface area contributed by atoms with E-state index in [0.29, 0.717) is 5.82 Å². The van der Waals surface area contributed by atoms with Gasteiger partial charge in [0, 0.05) is 21.9 Å². The van der Waals surface area contributed by atoms with E-state index in [0.717, 1.165) is 22.3 Å². The van der Waals surface area contributed by atoms with E-state index >= 15 is 0 Å². The Morgan fingerprint density at radius 1 is 1.19 bits per heavy atom. The third-order valence-electron chi connectivity index (χ3n) is 3.12. The van der Waals surface area contributed by atoms with Crippen molar-refractivity contribution >= 4 is 27.6 Å². The lowest BCUT2D eigenvalue weighted by atomic mass is 10.1. The number of aromatic nitrogens is 2. The molecule has 2 aromatic heterocycles. The number of benzene rings is 1. The Morgan fingerprint density at radius 2 is 1.94 bits per heavy atom. The predicted molar refractivity (Wildman–Crippen MR) is 67.5 cm³/mol. The standard InChI is InChI=1S/C13H13N3/c1-7-11-9-5-3-4-6-10(9)16-12(11)8(2)15-13(7)14/h3-6,16H,1-2H3,(H2,14,15). The number of rotatable bonds is 0. The normalized spacial score (nSPS) is 11.4. The van der Waals surface area contributed by atoms with Crippen LogP contribution in [-0.2, 0) is 0 Å². The number of nitrogen functional groups attached to an aromatic ring is 1. The average molecular weight is 211 g/mol. The topological polar surface area (TPSA) is 54.7 Å². The molecule has 3 aromatic rings. The maximum Gasteiger partial charge on any atom is 0.127 e. The Kier molecular flexibility index (Phi) is 1.72. The van der Waals surface area contributed by atoms with Crippen molar-refractivity contribution in [2.24, 2.45) is 0 Å². The number of nitrogens with zero attached hydrogens (tertiary/aromatic N) is 1. The molecule has 1 aromatic carbocycles. The summed E-state index contributed by atoms with van der Waals surface area (Å²) in [6.45, 7) is 4.00. The number of para-hydroxylation sites is 1. The first-order chi connectivity index (χ1) is 7.68. The maximum absolute atomic E-state index is 5.91. The molecule has 3 rings (SSSR count). The van der Waals surface area contributed by atoms with Gasteiger partial charge in [-0.3, -0.25) is 0 Å². The van der Waals surface area contributed by atoms with Gasteiger partial charge in [0.15, 0.2) is 0 Å². The highest BCUT2D eigenvalue weighted by molar-refractivity contribution is 6.10. The molecule has 16 heavy (non-hydrogen) atoms. The molecule has 0 bridgehead atoms. The Balaban J connectivity index is 2.66. The van der Waals surface area contributed by atoms with Gasteiger partial charge < -0.3 is 10.7 Å². The minimum absolute atomic E-state index is 0.620. The van der Waals surface area contributed by atoms with Crippen molar-refractivity contribution in [2.45, 2.75) is 13.8 Å². The highest BCUT2D eigenvalue weighted by atomic mass is 14.9. The van der Waals surface area contributed by atoms with Crippen LogP contribution in [0.4, 0.5) is 5.82 Å². The van der Waals surface area contributed by atoms with Crippen LogP contribution in [0.15, 0.2) is 24.3 Å².